The van der Waals surface area contributed by atoms with Gasteiger partial charge in [-0.25, -0.2) is 0 Å². The number of hydrogen-bond acceptors (Lipinski definition) is 4. The summed E-state index contributed by atoms with van der Waals surface area (Å²) >= 11 is 0. The first kappa shape index (κ1) is 18.8. The fourth-order valence-electron chi connectivity index (χ4n) is 3.82. The molecular formula is C20H32N4O2. The lowest BCUT2D eigenvalue weighted by molar-refractivity contribution is 0.249. The first-order valence-electron chi connectivity index (χ1n) is 9.76. The number of nitrogens with zero attached hydrogens (tertiary/aromatic N) is 3. The predicted molar refractivity (Wildman–Crippen MR) is 105 cm³/mol. The molecule has 0 spiro atoms. The lowest BCUT2D eigenvalue weighted by Gasteiger charge is -2.25. The van der Waals surface area contributed by atoms with E-state index in [2.05, 4.69) is 20.1 Å². The van der Waals surface area contributed by atoms with E-state index in [1.165, 1.54) is 32.4 Å². The number of nitrogens with one attached hydrogen (secondary N) is 1. The van der Waals surface area contributed by atoms with E-state index in [1.807, 2.05) is 31.3 Å². The number of hydrogen-bond donors (Lipinski definition) is 1. The average molecular weight is 361 g/mol. The van der Waals surface area contributed by atoms with E-state index in [0.29, 0.717) is 12.6 Å². The molecule has 6 nitrogen and oxygen atoms in total. The molecule has 2 aliphatic heterocycles. The van der Waals surface area contributed by atoms with Crippen molar-refractivity contribution in [3.63, 3.8) is 0 Å². The van der Waals surface area contributed by atoms with Crippen molar-refractivity contribution in [2.75, 3.05) is 53.5 Å². The van der Waals surface area contributed by atoms with Gasteiger partial charge in [0.05, 0.1) is 13.7 Å². The Hall–Kier alpha value is -1.95. The van der Waals surface area contributed by atoms with Crippen LogP contribution in [0.4, 0.5) is 0 Å². The van der Waals surface area contributed by atoms with Crippen molar-refractivity contribution in [1.29, 1.82) is 0 Å². The van der Waals surface area contributed by atoms with Gasteiger partial charge in [0.2, 0.25) is 0 Å². The Bertz CT molecular complexity index is 587. The van der Waals surface area contributed by atoms with Gasteiger partial charge in [0.1, 0.15) is 11.5 Å². The van der Waals surface area contributed by atoms with Gasteiger partial charge in [0.25, 0.3) is 0 Å². The van der Waals surface area contributed by atoms with E-state index in [0.717, 1.165) is 43.5 Å². The molecule has 1 atom stereocenters. The summed E-state index contributed by atoms with van der Waals surface area (Å²) in [7, 11) is 3.54. The predicted octanol–water partition coefficient (Wildman–Crippen LogP) is 2.21. The van der Waals surface area contributed by atoms with Crippen LogP contribution in [-0.4, -0.2) is 75.3 Å². The molecule has 2 fully saturated rings. The number of ether oxygens (including phenoxy) is 2. The second kappa shape index (κ2) is 9.67. The molecule has 1 aromatic rings. The smallest absolute Gasteiger partial charge is 0.193 e. The highest BCUT2D eigenvalue weighted by molar-refractivity contribution is 5.80. The van der Waals surface area contributed by atoms with Crippen LogP contribution in [0.25, 0.3) is 0 Å². The molecule has 6 heteroatoms. The number of aliphatic imine (C=N–C) groups is 1. The van der Waals surface area contributed by atoms with Crippen LogP contribution in [0, 0.1) is 0 Å². The van der Waals surface area contributed by atoms with Gasteiger partial charge in [-0.15, -0.1) is 0 Å². The number of methoxy groups -OCH3 is 1. The Morgan fingerprint density at radius 3 is 2.81 bits per heavy atom. The highest BCUT2D eigenvalue weighted by atomic mass is 16.5. The Balaban J connectivity index is 1.35. The summed E-state index contributed by atoms with van der Waals surface area (Å²) in [5.74, 6) is 2.69. The average Bonchev–Trinajstić information content (AvgIpc) is 3.36. The first-order valence-corrected chi connectivity index (χ1v) is 9.76. The minimum absolute atomic E-state index is 0.674. The fraction of sp³-hybridized carbons (Fsp3) is 0.650. The molecule has 0 aliphatic carbocycles. The van der Waals surface area contributed by atoms with Gasteiger partial charge < -0.3 is 19.7 Å². The zero-order valence-corrected chi connectivity index (χ0v) is 16.1. The second-order valence-corrected chi connectivity index (χ2v) is 6.99. The van der Waals surface area contributed by atoms with Gasteiger partial charge in [-0.05, 0) is 50.9 Å². The summed E-state index contributed by atoms with van der Waals surface area (Å²) in [5, 5.41) is 3.48. The van der Waals surface area contributed by atoms with E-state index in [9.17, 15) is 0 Å². The zero-order valence-electron chi connectivity index (χ0n) is 16.1. The normalized spacial score (nSPS) is 21.2. The van der Waals surface area contributed by atoms with Gasteiger partial charge in [-0.2, -0.15) is 0 Å². The van der Waals surface area contributed by atoms with Crippen molar-refractivity contribution in [1.82, 2.24) is 15.1 Å². The molecule has 144 valence electrons. The van der Waals surface area contributed by atoms with Crippen molar-refractivity contribution in [2.24, 2.45) is 4.99 Å². The Kier molecular flexibility index (Phi) is 7.00. The van der Waals surface area contributed by atoms with Crippen LogP contribution in [-0.2, 0) is 0 Å². The topological polar surface area (TPSA) is 49.3 Å². The quantitative estimate of drug-likeness (QED) is 0.459. The van der Waals surface area contributed by atoms with E-state index in [1.54, 1.807) is 7.11 Å². The number of likely N-dealkylation sites (tertiary alicyclic amines) is 2. The highest BCUT2D eigenvalue weighted by Gasteiger charge is 2.30. The maximum Gasteiger partial charge on any atom is 0.193 e. The van der Waals surface area contributed by atoms with Gasteiger partial charge in [-0.3, -0.25) is 9.89 Å². The summed E-state index contributed by atoms with van der Waals surface area (Å²) in [6.45, 7) is 6.27. The zero-order chi connectivity index (χ0) is 18.2. The maximum absolute atomic E-state index is 5.79. The summed E-state index contributed by atoms with van der Waals surface area (Å²) in [5.41, 5.74) is 0. The minimum Gasteiger partial charge on any atom is -0.497 e. The third-order valence-corrected chi connectivity index (χ3v) is 5.25. The third-order valence-electron chi connectivity index (χ3n) is 5.25. The van der Waals surface area contributed by atoms with Crippen LogP contribution in [0.5, 0.6) is 11.5 Å². The molecule has 26 heavy (non-hydrogen) atoms. The molecule has 2 saturated heterocycles. The molecule has 1 unspecified atom stereocenters. The lowest BCUT2D eigenvalue weighted by Crippen LogP contribution is -2.43. The fourth-order valence-corrected chi connectivity index (χ4v) is 3.82. The van der Waals surface area contributed by atoms with Gasteiger partial charge in [-0.1, -0.05) is 6.07 Å². The third kappa shape index (κ3) is 5.04. The molecule has 0 bridgehead atoms. The van der Waals surface area contributed by atoms with Crippen LogP contribution in [0.3, 0.4) is 0 Å². The number of rotatable bonds is 7. The summed E-state index contributed by atoms with van der Waals surface area (Å²) in [6, 6.07) is 8.43. The molecule has 1 aromatic carbocycles. The first-order chi connectivity index (χ1) is 12.8. The monoisotopic (exact) mass is 360 g/mol. The van der Waals surface area contributed by atoms with Crippen molar-refractivity contribution in [3.8, 4) is 11.5 Å². The van der Waals surface area contributed by atoms with Gasteiger partial charge in [0, 0.05) is 38.8 Å². The summed E-state index contributed by atoms with van der Waals surface area (Å²) in [4.78, 5) is 9.51. The van der Waals surface area contributed by atoms with Gasteiger partial charge >= 0.3 is 0 Å². The molecule has 0 aromatic heterocycles. The standard InChI is InChI=1S/C20H32N4O2/c1-21-20(24-13-9-17(16-24)23-11-3-4-12-23)22-10-6-14-26-19-8-5-7-18(15-19)25-2/h5,7-8,15,17H,3-4,6,9-14,16H2,1-2H3,(H,21,22). The van der Waals surface area contributed by atoms with E-state index in [4.69, 9.17) is 9.47 Å². The van der Waals surface area contributed by atoms with Crippen molar-refractivity contribution in [2.45, 2.75) is 31.7 Å². The molecule has 2 aliphatic rings. The Morgan fingerprint density at radius 2 is 2.04 bits per heavy atom. The Morgan fingerprint density at radius 1 is 1.23 bits per heavy atom. The number of guanidine groups is 1. The van der Waals surface area contributed by atoms with E-state index >= 15 is 0 Å². The molecule has 0 amide bonds. The van der Waals surface area contributed by atoms with Crippen molar-refractivity contribution in [3.05, 3.63) is 24.3 Å². The van der Waals surface area contributed by atoms with Crippen LogP contribution in [0.1, 0.15) is 25.7 Å². The molecular weight excluding hydrogens is 328 g/mol. The molecule has 0 saturated carbocycles. The number of benzene rings is 1. The van der Waals surface area contributed by atoms with Crippen LogP contribution >= 0.6 is 0 Å². The largest absolute Gasteiger partial charge is 0.497 e. The molecule has 1 N–H and O–H groups in total. The van der Waals surface area contributed by atoms with Crippen LogP contribution in [0.2, 0.25) is 0 Å². The van der Waals surface area contributed by atoms with Crippen LogP contribution in [0.15, 0.2) is 29.3 Å². The SMILES string of the molecule is CN=C(NCCCOc1cccc(OC)c1)N1CCC(N2CCCC2)C1. The molecule has 3 rings (SSSR count). The van der Waals surface area contributed by atoms with Crippen LogP contribution < -0.4 is 14.8 Å². The van der Waals surface area contributed by atoms with E-state index < -0.39 is 0 Å². The minimum atomic E-state index is 0.674. The van der Waals surface area contributed by atoms with E-state index in [-0.39, 0.29) is 0 Å². The highest BCUT2D eigenvalue weighted by Crippen LogP contribution is 2.20. The summed E-state index contributed by atoms with van der Waals surface area (Å²) < 4.78 is 11.0. The van der Waals surface area contributed by atoms with Crippen molar-refractivity contribution < 1.29 is 9.47 Å². The maximum atomic E-state index is 5.79. The summed E-state index contributed by atoms with van der Waals surface area (Å²) in [6.07, 6.45) is 4.90. The molecule has 0 radical (unpaired) electrons. The molecule has 2 heterocycles. The van der Waals surface area contributed by atoms with Crippen molar-refractivity contribution >= 4 is 5.96 Å². The lowest BCUT2D eigenvalue weighted by atomic mass is 10.2. The van der Waals surface area contributed by atoms with Gasteiger partial charge in [0.15, 0.2) is 5.96 Å². The Labute approximate surface area is 157 Å². The second-order valence-electron chi connectivity index (χ2n) is 6.99.